The minimum Gasteiger partial charge on any atom is -0.497 e. The maximum absolute atomic E-state index is 12.6. The van der Waals surface area contributed by atoms with Crippen molar-refractivity contribution in [3.05, 3.63) is 41.5 Å². The molecule has 0 saturated heterocycles. The van der Waals surface area contributed by atoms with Crippen molar-refractivity contribution in [3.63, 3.8) is 0 Å². The molecule has 1 aromatic heterocycles. The summed E-state index contributed by atoms with van der Waals surface area (Å²) in [5.74, 6) is 1.73. The van der Waals surface area contributed by atoms with Crippen LogP contribution in [0.15, 0.2) is 24.4 Å². The van der Waals surface area contributed by atoms with Crippen molar-refractivity contribution in [1.82, 2.24) is 9.55 Å². The quantitative estimate of drug-likeness (QED) is 0.859. The van der Waals surface area contributed by atoms with Crippen molar-refractivity contribution < 1.29 is 14.3 Å². The van der Waals surface area contributed by atoms with Crippen LogP contribution in [0, 0.1) is 6.92 Å². The zero-order valence-corrected chi connectivity index (χ0v) is 12.1. The van der Waals surface area contributed by atoms with E-state index in [1.54, 1.807) is 36.1 Å². The Kier molecular flexibility index (Phi) is 4.08. The van der Waals surface area contributed by atoms with Crippen molar-refractivity contribution in [1.29, 1.82) is 0 Å². The molecule has 0 amide bonds. The molecular weight excluding hydrogens is 256 g/mol. The molecule has 1 aromatic carbocycles. The lowest BCUT2D eigenvalue weighted by Gasteiger charge is -2.11. The SMILES string of the molecule is CCc1nc(C)cn1C(=O)c1ccc(OC)cc1OC. The molecule has 0 unspecified atom stereocenters. The van der Waals surface area contributed by atoms with Crippen LogP contribution in [0.1, 0.15) is 28.8 Å². The van der Waals surface area contributed by atoms with Crippen LogP contribution >= 0.6 is 0 Å². The summed E-state index contributed by atoms with van der Waals surface area (Å²) in [5.41, 5.74) is 1.31. The second-order valence-corrected chi connectivity index (χ2v) is 4.39. The number of imidazole rings is 1. The van der Waals surface area contributed by atoms with E-state index in [0.29, 0.717) is 23.5 Å². The molecule has 0 aliphatic heterocycles. The standard InChI is InChI=1S/C15H18N2O3/c1-5-14-16-10(2)9-17(14)15(18)12-7-6-11(19-3)8-13(12)20-4/h6-9H,5H2,1-4H3. The molecule has 0 N–H and O–H groups in total. The highest BCUT2D eigenvalue weighted by Crippen LogP contribution is 2.25. The third kappa shape index (κ3) is 2.52. The molecule has 106 valence electrons. The van der Waals surface area contributed by atoms with Crippen molar-refractivity contribution in [2.75, 3.05) is 14.2 Å². The highest BCUT2D eigenvalue weighted by atomic mass is 16.5. The van der Waals surface area contributed by atoms with Crippen LogP contribution in [0.3, 0.4) is 0 Å². The molecular formula is C15H18N2O3. The van der Waals surface area contributed by atoms with Gasteiger partial charge in [-0.3, -0.25) is 9.36 Å². The van der Waals surface area contributed by atoms with Gasteiger partial charge in [0.1, 0.15) is 17.3 Å². The Bertz CT molecular complexity index is 632. The van der Waals surface area contributed by atoms with Crippen LogP contribution in [0.2, 0.25) is 0 Å². The summed E-state index contributed by atoms with van der Waals surface area (Å²) in [6.45, 7) is 3.84. The van der Waals surface area contributed by atoms with Crippen LogP contribution in [0.25, 0.3) is 0 Å². The van der Waals surface area contributed by atoms with Crippen LogP contribution in [0.4, 0.5) is 0 Å². The summed E-state index contributed by atoms with van der Waals surface area (Å²) in [6.07, 6.45) is 2.43. The Morgan fingerprint density at radius 1 is 1.30 bits per heavy atom. The summed E-state index contributed by atoms with van der Waals surface area (Å²) in [4.78, 5) is 17.0. The molecule has 20 heavy (non-hydrogen) atoms. The Balaban J connectivity index is 2.47. The predicted molar refractivity (Wildman–Crippen MR) is 75.6 cm³/mol. The molecule has 0 aliphatic rings. The maximum Gasteiger partial charge on any atom is 0.267 e. The number of nitrogens with zero attached hydrogens (tertiary/aromatic N) is 2. The molecule has 2 aromatic rings. The molecule has 0 aliphatic carbocycles. The fourth-order valence-corrected chi connectivity index (χ4v) is 2.08. The zero-order valence-electron chi connectivity index (χ0n) is 12.1. The molecule has 0 spiro atoms. The summed E-state index contributed by atoms with van der Waals surface area (Å²) < 4.78 is 12.0. The molecule has 2 rings (SSSR count). The van der Waals surface area contributed by atoms with Gasteiger partial charge in [0.25, 0.3) is 5.91 Å². The third-order valence-corrected chi connectivity index (χ3v) is 3.07. The number of aryl methyl sites for hydroxylation is 2. The fraction of sp³-hybridized carbons (Fsp3) is 0.333. The first-order chi connectivity index (χ1) is 9.60. The Hall–Kier alpha value is -2.30. The Labute approximate surface area is 118 Å². The zero-order chi connectivity index (χ0) is 14.7. The predicted octanol–water partition coefficient (Wildman–Crippen LogP) is 2.46. The van der Waals surface area contributed by atoms with Gasteiger partial charge in [-0.05, 0) is 19.1 Å². The van der Waals surface area contributed by atoms with Crippen LogP contribution in [-0.4, -0.2) is 29.7 Å². The van der Waals surface area contributed by atoms with Crippen molar-refractivity contribution in [3.8, 4) is 11.5 Å². The largest absolute Gasteiger partial charge is 0.497 e. The summed E-state index contributed by atoms with van der Waals surface area (Å²) >= 11 is 0. The molecule has 1 heterocycles. The van der Waals surface area contributed by atoms with Crippen LogP contribution in [-0.2, 0) is 6.42 Å². The summed E-state index contributed by atoms with van der Waals surface area (Å²) in [6, 6.07) is 5.14. The van der Waals surface area contributed by atoms with Gasteiger partial charge >= 0.3 is 0 Å². The summed E-state index contributed by atoms with van der Waals surface area (Å²) in [7, 11) is 3.11. The van der Waals surface area contributed by atoms with Gasteiger partial charge in [0.05, 0.1) is 25.5 Å². The van der Waals surface area contributed by atoms with E-state index in [9.17, 15) is 4.79 Å². The van der Waals surface area contributed by atoms with E-state index in [4.69, 9.17) is 9.47 Å². The first-order valence-corrected chi connectivity index (χ1v) is 6.42. The fourth-order valence-electron chi connectivity index (χ4n) is 2.08. The molecule has 0 saturated carbocycles. The van der Waals surface area contributed by atoms with Gasteiger partial charge in [0, 0.05) is 18.7 Å². The van der Waals surface area contributed by atoms with E-state index in [1.165, 1.54) is 7.11 Å². The van der Waals surface area contributed by atoms with Crippen molar-refractivity contribution >= 4 is 5.91 Å². The number of hydrogen-bond acceptors (Lipinski definition) is 4. The third-order valence-electron chi connectivity index (χ3n) is 3.07. The normalized spacial score (nSPS) is 10.4. The number of methoxy groups -OCH3 is 2. The van der Waals surface area contributed by atoms with E-state index in [0.717, 1.165) is 11.5 Å². The van der Waals surface area contributed by atoms with Gasteiger partial charge in [-0.1, -0.05) is 6.92 Å². The first-order valence-electron chi connectivity index (χ1n) is 6.42. The number of ether oxygens (including phenoxy) is 2. The number of carbonyl (C=O) groups is 1. The topological polar surface area (TPSA) is 53.4 Å². The summed E-state index contributed by atoms with van der Waals surface area (Å²) in [5, 5.41) is 0. The van der Waals surface area contributed by atoms with Crippen molar-refractivity contribution in [2.24, 2.45) is 0 Å². The second-order valence-electron chi connectivity index (χ2n) is 4.39. The Morgan fingerprint density at radius 2 is 2.05 bits per heavy atom. The van der Waals surface area contributed by atoms with Crippen LogP contribution < -0.4 is 9.47 Å². The number of carbonyl (C=O) groups excluding carboxylic acids is 1. The number of aromatic nitrogens is 2. The molecule has 0 bridgehead atoms. The monoisotopic (exact) mass is 274 g/mol. The van der Waals surface area contributed by atoms with Gasteiger partial charge in [0.2, 0.25) is 0 Å². The van der Waals surface area contributed by atoms with Crippen molar-refractivity contribution in [2.45, 2.75) is 20.3 Å². The van der Waals surface area contributed by atoms with Crippen LogP contribution in [0.5, 0.6) is 11.5 Å². The van der Waals surface area contributed by atoms with E-state index in [2.05, 4.69) is 4.98 Å². The van der Waals surface area contributed by atoms with Gasteiger partial charge in [0.15, 0.2) is 0 Å². The van der Waals surface area contributed by atoms with E-state index >= 15 is 0 Å². The molecule has 5 nitrogen and oxygen atoms in total. The maximum atomic E-state index is 12.6. The number of benzene rings is 1. The minimum atomic E-state index is -0.151. The second kappa shape index (κ2) is 5.77. The van der Waals surface area contributed by atoms with Gasteiger partial charge in [-0.25, -0.2) is 4.98 Å². The van der Waals surface area contributed by atoms with E-state index in [-0.39, 0.29) is 5.91 Å². The molecule has 0 fully saturated rings. The lowest BCUT2D eigenvalue weighted by atomic mass is 10.1. The number of rotatable bonds is 4. The minimum absolute atomic E-state index is 0.151. The first kappa shape index (κ1) is 14.1. The lowest BCUT2D eigenvalue weighted by molar-refractivity contribution is 0.0953. The average molecular weight is 274 g/mol. The van der Waals surface area contributed by atoms with Gasteiger partial charge < -0.3 is 9.47 Å². The smallest absolute Gasteiger partial charge is 0.267 e. The van der Waals surface area contributed by atoms with E-state index < -0.39 is 0 Å². The average Bonchev–Trinajstić information content (AvgIpc) is 2.86. The van der Waals surface area contributed by atoms with Gasteiger partial charge in [-0.15, -0.1) is 0 Å². The Morgan fingerprint density at radius 3 is 2.65 bits per heavy atom. The highest BCUT2D eigenvalue weighted by Gasteiger charge is 2.18. The lowest BCUT2D eigenvalue weighted by Crippen LogP contribution is -2.15. The highest BCUT2D eigenvalue weighted by molar-refractivity contribution is 5.99. The molecule has 0 radical (unpaired) electrons. The van der Waals surface area contributed by atoms with Gasteiger partial charge in [-0.2, -0.15) is 0 Å². The molecule has 5 heteroatoms. The number of hydrogen-bond donors (Lipinski definition) is 0. The van der Waals surface area contributed by atoms with E-state index in [1.807, 2.05) is 13.8 Å². The molecule has 0 atom stereocenters.